The predicted octanol–water partition coefficient (Wildman–Crippen LogP) is 6.00. The number of fused-ring (bicyclic) bond motifs is 3. The Morgan fingerprint density at radius 2 is 1.73 bits per heavy atom. The largest absolute Gasteiger partial charge is 0.490 e. The van der Waals surface area contributed by atoms with E-state index in [-0.39, 0.29) is 41.8 Å². The molecule has 2 aliphatic heterocycles. The van der Waals surface area contributed by atoms with Gasteiger partial charge >= 0.3 is 0 Å². The van der Waals surface area contributed by atoms with E-state index in [1.54, 1.807) is 24.3 Å². The van der Waals surface area contributed by atoms with Crippen molar-refractivity contribution < 1.29 is 30.9 Å². The molecule has 5 rings (SSSR count). The molecule has 3 aromatic carbocycles. The molecule has 0 N–H and O–H groups in total. The lowest BCUT2D eigenvalue weighted by atomic mass is 9.60. The third-order valence-corrected chi connectivity index (χ3v) is 8.96. The first kappa shape index (κ1) is 26.1. The molecule has 0 saturated carbocycles. The first-order chi connectivity index (χ1) is 17.7. The van der Waals surface area contributed by atoms with Crippen LogP contribution in [0, 0.1) is 24.5 Å². The number of hydrogen-bond donors (Lipinski definition) is 0. The van der Waals surface area contributed by atoms with Crippen molar-refractivity contribution in [2.24, 2.45) is 5.92 Å². The van der Waals surface area contributed by atoms with E-state index in [1.807, 2.05) is 19.1 Å². The number of rotatable bonds is 7. The molecular formula is C28H27ClF2O5S. The van der Waals surface area contributed by atoms with Gasteiger partial charge in [-0.2, -0.15) is 8.42 Å². The van der Waals surface area contributed by atoms with Crippen LogP contribution >= 0.6 is 11.6 Å². The van der Waals surface area contributed by atoms with Crippen molar-refractivity contribution in [1.82, 2.24) is 0 Å². The summed E-state index contributed by atoms with van der Waals surface area (Å²) in [6.07, 6.45) is 0.641. The molecule has 2 aliphatic rings. The van der Waals surface area contributed by atoms with Crippen LogP contribution in [-0.2, 0) is 30.9 Å². The summed E-state index contributed by atoms with van der Waals surface area (Å²) in [5.41, 5.74) is 1.25. The Balaban J connectivity index is 1.43. The second kappa shape index (κ2) is 10.3. The smallest absolute Gasteiger partial charge is 0.296 e. The summed E-state index contributed by atoms with van der Waals surface area (Å²) in [5, 5.41) is 0.583. The molecule has 37 heavy (non-hydrogen) atoms. The van der Waals surface area contributed by atoms with Gasteiger partial charge in [-0.3, -0.25) is 4.18 Å². The average molecular weight is 549 g/mol. The highest BCUT2D eigenvalue weighted by Gasteiger charge is 2.53. The summed E-state index contributed by atoms with van der Waals surface area (Å²) in [7, 11) is -3.94. The summed E-state index contributed by atoms with van der Waals surface area (Å²) in [5.74, 6) is -1.56. The van der Waals surface area contributed by atoms with Gasteiger partial charge in [0.05, 0.1) is 24.2 Å². The van der Waals surface area contributed by atoms with E-state index in [4.69, 9.17) is 25.3 Å². The van der Waals surface area contributed by atoms with Gasteiger partial charge in [-0.1, -0.05) is 41.4 Å². The standard InChI is InChI=1S/C28H27ClF2O5S/c1-18-2-8-21(9-3-18)37(32,33)36-14-12-25-22-17-35-27-24(31)11-10-23(30)26(27)28(22,13-15-34-25)16-19-4-6-20(29)7-5-19/h2-11,22,25H,12-17H2,1H3/t22-,25-,28-/m0/s1. The monoisotopic (exact) mass is 548 g/mol. The highest BCUT2D eigenvalue weighted by atomic mass is 35.5. The van der Waals surface area contributed by atoms with Crippen molar-refractivity contribution in [3.63, 3.8) is 0 Å². The van der Waals surface area contributed by atoms with E-state index in [0.29, 0.717) is 24.5 Å². The molecule has 3 atom stereocenters. The molecule has 3 aromatic rings. The van der Waals surface area contributed by atoms with Gasteiger partial charge in [-0.25, -0.2) is 8.78 Å². The fourth-order valence-electron chi connectivity index (χ4n) is 5.54. The maximum atomic E-state index is 15.4. The maximum Gasteiger partial charge on any atom is 0.296 e. The molecule has 0 bridgehead atoms. The van der Waals surface area contributed by atoms with Crippen molar-refractivity contribution in [1.29, 1.82) is 0 Å². The Morgan fingerprint density at radius 1 is 1.03 bits per heavy atom. The van der Waals surface area contributed by atoms with Gasteiger partial charge in [0.25, 0.3) is 10.1 Å². The molecule has 5 nitrogen and oxygen atoms in total. The highest BCUT2D eigenvalue weighted by Crippen LogP contribution is 2.52. The van der Waals surface area contributed by atoms with Gasteiger partial charge < -0.3 is 9.47 Å². The van der Waals surface area contributed by atoms with Gasteiger partial charge in [0, 0.05) is 28.5 Å². The number of halogens is 3. The Hall–Kier alpha value is -2.52. The number of benzene rings is 3. The van der Waals surface area contributed by atoms with E-state index >= 15 is 4.39 Å². The zero-order valence-electron chi connectivity index (χ0n) is 20.3. The van der Waals surface area contributed by atoms with Gasteiger partial charge in [0.1, 0.15) is 5.82 Å². The zero-order chi connectivity index (χ0) is 26.2. The Morgan fingerprint density at radius 3 is 2.46 bits per heavy atom. The lowest BCUT2D eigenvalue weighted by Crippen LogP contribution is -2.55. The third-order valence-electron chi connectivity index (χ3n) is 7.39. The summed E-state index contributed by atoms with van der Waals surface area (Å²) >= 11 is 6.07. The van der Waals surface area contributed by atoms with Crippen molar-refractivity contribution in [3.05, 3.63) is 94.0 Å². The number of aryl methyl sites for hydroxylation is 1. The molecule has 1 fully saturated rings. The van der Waals surface area contributed by atoms with Gasteiger partial charge in [0.2, 0.25) is 0 Å². The van der Waals surface area contributed by atoms with Crippen LogP contribution in [0.4, 0.5) is 8.78 Å². The molecule has 0 aliphatic carbocycles. The van der Waals surface area contributed by atoms with Crippen LogP contribution in [0.5, 0.6) is 5.75 Å². The van der Waals surface area contributed by atoms with Gasteiger partial charge in [0.15, 0.2) is 11.6 Å². The summed E-state index contributed by atoms with van der Waals surface area (Å²) in [6, 6.07) is 15.9. The van der Waals surface area contributed by atoms with Crippen molar-refractivity contribution in [2.45, 2.75) is 42.6 Å². The fourth-order valence-corrected chi connectivity index (χ4v) is 6.59. The Bertz CT molecular complexity index is 1380. The van der Waals surface area contributed by atoms with Crippen molar-refractivity contribution in [2.75, 3.05) is 19.8 Å². The molecule has 1 saturated heterocycles. The van der Waals surface area contributed by atoms with Crippen LogP contribution in [0.15, 0.2) is 65.6 Å². The molecule has 2 heterocycles. The zero-order valence-corrected chi connectivity index (χ0v) is 21.8. The number of ether oxygens (including phenoxy) is 2. The van der Waals surface area contributed by atoms with E-state index in [0.717, 1.165) is 23.3 Å². The minimum Gasteiger partial charge on any atom is -0.490 e. The fraction of sp³-hybridized carbons (Fsp3) is 0.357. The summed E-state index contributed by atoms with van der Waals surface area (Å²) < 4.78 is 72.6. The lowest BCUT2D eigenvalue weighted by Gasteiger charge is -2.51. The first-order valence-electron chi connectivity index (χ1n) is 12.1. The highest BCUT2D eigenvalue weighted by molar-refractivity contribution is 7.86. The normalized spacial score (nSPS) is 23.1. The van der Waals surface area contributed by atoms with Gasteiger partial charge in [-0.15, -0.1) is 0 Å². The second-order valence-electron chi connectivity index (χ2n) is 9.65. The van der Waals surface area contributed by atoms with E-state index < -0.39 is 33.3 Å². The van der Waals surface area contributed by atoms with E-state index in [2.05, 4.69) is 0 Å². The van der Waals surface area contributed by atoms with Crippen LogP contribution < -0.4 is 4.74 Å². The minimum absolute atomic E-state index is 0.0657. The molecule has 9 heteroatoms. The molecule has 0 unspecified atom stereocenters. The quantitative estimate of drug-likeness (QED) is 0.339. The third kappa shape index (κ3) is 5.12. The van der Waals surface area contributed by atoms with Crippen LogP contribution in [0.25, 0.3) is 0 Å². The minimum atomic E-state index is -3.94. The summed E-state index contributed by atoms with van der Waals surface area (Å²) in [6.45, 7) is 2.16. The molecular weight excluding hydrogens is 522 g/mol. The number of hydrogen-bond acceptors (Lipinski definition) is 5. The van der Waals surface area contributed by atoms with E-state index in [1.165, 1.54) is 12.1 Å². The Kier molecular flexibility index (Phi) is 7.29. The molecule has 196 valence electrons. The van der Waals surface area contributed by atoms with Gasteiger partial charge in [-0.05, 0) is 68.1 Å². The molecule has 0 amide bonds. The average Bonchev–Trinajstić information content (AvgIpc) is 2.87. The first-order valence-corrected chi connectivity index (χ1v) is 13.9. The molecule has 0 spiro atoms. The topological polar surface area (TPSA) is 61.8 Å². The van der Waals surface area contributed by atoms with Crippen LogP contribution in [-0.4, -0.2) is 34.3 Å². The van der Waals surface area contributed by atoms with Crippen molar-refractivity contribution in [3.8, 4) is 5.75 Å². The maximum absolute atomic E-state index is 15.4. The van der Waals surface area contributed by atoms with Crippen LogP contribution in [0.2, 0.25) is 5.02 Å². The second-order valence-corrected chi connectivity index (χ2v) is 11.7. The summed E-state index contributed by atoms with van der Waals surface area (Å²) in [4.78, 5) is 0.0761. The van der Waals surface area contributed by atoms with E-state index in [9.17, 15) is 12.8 Å². The SMILES string of the molecule is Cc1ccc(S(=O)(=O)OCC[C@@H]2OCC[C@@]3(Cc4ccc(Cl)cc4)c4c(F)ccc(F)c4OC[C@@H]23)cc1. The molecule has 0 aromatic heterocycles. The predicted molar refractivity (Wildman–Crippen MR) is 135 cm³/mol. The lowest BCUT2D eigenvalue weighted by molar-refractivity contribution is -0.101. The van der Waals surface area contributed by atoms with Crippen LogP contribution in [0.3, 0.4) is 0 Å². The molecule has 0 radical (unpaired) electrons. The van der Waals surface area contributed by atoms with Crippen molar-refractivity contribution >= 4 is 21.7 Å². The van der Waals surface area contributed by atoms with Crippen LogP contribution in [0.1, 0.15) is 29.5 Å². The Labute approximate surface area is 220 Å².